The molecule has 0 saturated carbocycles. The molecular weight excluding hydrogens is 588 g/mol. The van der Waals surface area contributed by atoms with Gasteiger partial charge in [-0.2, -0.15) is 4.31 Å². The standard InChI is InChI=1S/C36H46N2O6S/c1-7-24-22-37-14-12-25-18-33(41-3)35(43-5)20-29(25)31(37)16-27(24)17-32-30-21-36(44-6)34(42-4)19-26(30)13-15-38(32)45(39,40)28-10-8-23(2)9-11-28/h8-11,18-21,24,27,31-32H,7,12-17,22H2,1-6H3/t24-,27+,31-,32+/m0/s1. The SMILES string of the molecule is CC[C@H]1CN2CCc3cc(OC)c(OC)cc3[C@@H]2C[C@@H]1C[C@@H]1c2cc(OC)c(OC)cc2CCN1S(=O)(=O)c1ccc(C)cc1. The molecule has 0 amide bonds. The van der Waals surface area contributed by atoms with Gasteiger partial charge in [0.15, 0.2) is 23.0 Å². The predicted octanol–water partition coefficient (Wildman–Crippen LogP) is 6.35. The lowest BCUT2D eigenvalue weighted by Crippen LogP contribution is -2.47. The zero-order valence-corrected chi connectivity index (χ0v) is 28.2. The van der Waals surface area contributed by atoms with Gasteiger partial charge in [0.2, 0.25) is 10.0 Å². The van der Waals surface area contributed by atoms with Crippen LogP contribution in [-0.4, -0.2) is 65.7 Å². The third-order valence-electron chi connectivity index (χ3n) is 10.4. The minimum absolute atomic E-state index is 0.247. The van der Waals surface area contributed by atoms with Crippen LogP contribution < -0.4 is 18.9 Å². The van der Waals surface area contributed by atoms with Gasteiger partial charge in [-0.25, -0.2) is 8.42 Å². The fourth-order valence-corrected chi connectivity index (χ4v) is 9.54. The lowest BCUT2D eigenvalue weighted by Gasteiger charge is -2.49. The molecule has 9 heteroatoms. The number of rotatable bonds is 9. The van der Waals surface area contributed by atoms with Gasteiger partial charge in [0.05, 0.1) is 39.4 Å². The van der Waals surface area contributed by atoms with Crippen LogP contribution in [0, 0.1) is 18.8 Å². The van der Waals surface area contributed by atoms with E-state index in [0.29, 0.717) is 41.2 Å². The van der Waals surface area contributed by atoms with Crippen molar-refractivity contribution >= 4 is 10.0 Å². The smallest absolute Gasteiger partial charge is 0.243 e. The van der Waals surface area contributed by atoms with Gasteiger partial charge in [-0.3, -0.25) is 4.90 Å². The summed E-state index contributed by atoms with van der Waals surface area (Å²) in [7, 11) is 2.90. The fourth-order valence-electron chi connectivity index (χ4n) is 7.93. The summed E-state index contributed by atoms with van der Waals surface area (Å²) in [5.41, 5.74) is 5.79. The zero-order valence-electron chi connectivity index (χ0n) is 27.3. The molecule has 3 heterocycles. The monoisotopic (exact) mass is 634 g/mol. The van der Waals surface area contributed by atoms with Crippen LogP contribution in [0.1, 0.15) is 66.1 Å². The largest absolute Gasteiger partial charge is 0.493 e. The van der Waals surface area contributed by atoms with Crippen LogP contribution in [0.15, 0.2) is 53.4 Å². The molecule has 1 saturated heterocycles. The third-order valence-corrected chi connectivity index (χ3v) is 12.3. The molecule has 0 bridgehead atoms. The highest BCUT2D eigenvalue weighted by Gasteiger charge is 2.43. The number of benzene rings is 3. The number of nitrogens with zero attached hydrogens (tertiary/aromatic N) is 2. The minimum atomic E-state index is -3.75. The Bertz CT molecular complexity index is 1640. The molecular formula is C36H46N2O6S. The van der Waals surface area contributed by atoms with Crippen molar-refractivity contribution in [1.29, 1.82) is 0 Å². The van der Waals surface area contributed by atoms with Crippen molar-refractivity contribution in [3.05, 3.63) is 76.3 Å². The lowest BCUT2D eigenvalue weighted by molar-refractivity contribution is 0.0386. The third kappa shape index (κ3) is 5.79. The number of methoxy groups -OCH3 is 4. The van der Waals surface area contributed by atoms with Crippen molar-refractivity contribution in [3.63, 3.8) is 0 Å². The molecule has 242 valence electrons. The molecule has 3 aromatic carbocycles. The number of ether oxygens (including phenoxy) is 4. The number of fused-ring (bicyclic) bond motifs is 4. The van der Waals surface area contributed by atoms with E-state index in [4.69, 9.17) is 18.9 Å². The lowest BCUT2D eigenvalue weighted by atomic mass is 9.72. The van der Waals surface area contributed by atoms with Gasteiger partial charge in [0, 0.05) is 25.7 Å². The molecule has 0 aromatic heterocycles. The van der Waals surface area contributed by atoms with Crippen molar-refractivity contribution in [2.75, 3.05) is 48.1 Å². The molecule has 3 aliphatic rings. The van der Waals surface area contributed by atoms with Gasteiger partial charge < -0.3 is 18.9 Å². The molecule has 45 heavy (non-hydrogen) atoms. The maximum Gasteiger partial charge on any atom is 0.243 e. The molecule has 4 atom stereocenters. The number of piperidine rings is 1. The average molecular weight is 635 g/mol. The number of hydrogen-bond donors (Lipinski definition) is 0. The summed E-state index contributed by atoms with van der Waals surface area (Å²) in [6.07, 6.45) is 4.33. The maximum atomic E-state index is 14.3. The predicted molar refractivity (Wildman–Crippen MR) is 175 cm³/mol. The first-order valence-corrected chi connectivity index (χ1v) is 17.5. The fraction of sp³-hybridized carbons (Fsp3) is 0.500. The minimum Gasteiger partial charge on any atom is -0.493 e. The highest BCUT2D eigenvalue weighted by molar-refractivity contribution is 7.89. The Morgan fingerprint density at radius 1 is 0.756 bits per heavy atom. The van der Waals surface area contributed by atoms with Crippen molar-refractivity contribution in [2.45, 2.75) is 62.9 Å². The van der Waals surface area contributed by atoms with E-state index in [-0.39, 0.29) is 12.1 Å². The quantitative estimate of drug-likeness (QED) is 0.271. The first-order chi connectivity index (χ1) is 21.7. The van der Waals surface area contributed by atoms with Crippen molar-refractivity contribution < 1.29 is 27.4 Å². The molecule has 8 nitrogen and oxygen atoms in total. The van der Waals surface area contributed by atoms with E-state index in [0.717, 1.165) is 67.0 Å². The van der Waals surface area contributed by atoms with Crippen molar-refractivity contribution in [2.24, 2.45) is 11.8 Å². The van der Waals surface area contributed by atoms with Crippen molar-refractivity contribution in [3.8, 4) is 23.0 Å². The van der Waals surface area contributed by atoms with Crippen LogP contribution in [0.3, 0.4) is 0 Å². The van der Waals surface area contributed by atoms with Crippen LogP contribution in [0.2, 0.25) is 0 Å². The van der Waals surface area contributed by atoms with Gasteiger partial charge >= 0.3 is 0 Å². The molecule has 6 rings (SSSR count). The van der Waals surface area contributed by atoms with E-state index in [2.05, 4.69) is 24.0 Å². The summed E-state index contributed by atoms with van der Waals surface area (Å²) in [5.74, 6) is 3.59. The van der Waals surface area contributed by atoms with Gasteiger partial charge in [-0.15, -0.1) is 0 Å². The summed E-state index contributed by atoms with van der Waals surface area (Å²) >= 11 is 0. The van der Waals surface area contributed by atoms with Crippen molar-refractivity contribution in [1.82, 2.24) is 9.21 Å². The molecule has 3 aliphatic heterocycles. The molecule has 0 radical (unpaired) electrons. The molecule has 0 aliphatic carbocycles. The summed E-state index contributed by atoms with van der Waals surface area (Å²) in [6, 6.07) is 15.5. The summed E-state index contributed by atoms with van der Waals surface area (Å²) in [6.45, 7) is 6.67. The number of aryl methyl sites for hydroxylation is 1. The Morgan fingerprint density at radius 2 is 1.31 bits per heavy atom. The van der Waals surface area contributed by atoms with Gasteiger partial charge in [0.25, 0.3) is 0 Å². The number of hydrogen-bond acceptors (Lipinski definition) is 7. The zero-order chi connectivity index (χ0) is 31.9. The molecule has 3 aromatic rings. The Labute approximate surface area is 268 Å². The van der Waals surface area contributed by atoms with Crippen LogP contribution in [-0.2, 0) is 22.9 Å². The van der Waals surface area contributed by atoms with Crippen LogP contribution in [0.25, 0.3) is 0 Å². The number of sulfonamides is 1. The summed E-state index contributed by atoms with van der Waals surface area (Å²) in [4.78, 5) is 2.97. The van der Waals surface area contributed by atoms with E-state index in [9.17, 15) is 8.42 Å². The van der Waals surface area contributed by atoms with E-state index in [1.165, 1.54) is 11.1 Å². The highest BCUT2D eigenvalue weighted by atomic mass is 32.2. The first kappa shape index (κ1) is 31.7. The van der Waals surface area contributed by atoms with Crippen LogP contribution in [0.5, 0.6) is 23.0 Å². The normalized spacial score (nSPS) is 23.4. The summed E-state index contributed by atoms with van der Waals surface area (Å²) < 4.78 is 53.2. The second-order valence-electron chi connectivity index (χ2n) is 12.7. The Hall–Kier alpha value is -3.27. The van der Waals surface area contributed by atoms with E-state index < -0.39 is 10.0 Å². The van der Waals surface area contributed by atoms with E-state index in [1.807, 2.05) is 31.2 Å². The molecule has 0 unspecified atom stereocenters. The van der Waals surface area contributed by atoms with Gasteiger partial charge in [0.1, 0.15) is 0 Å². The summed E-state index contributed by atoms with van der Waals surface area (Å²) in [5, 5.41) is 0. The molecule has 0 spiro atoms. The van der Waals surface area contributed by atoms with E-state index in [1.54, 1.807) is 44.9 Å². The second kappa shape index (κ2) is 12.9. The van der Waals surface area contributed by atoms with Crippen LogP contribution >= 0.6 is 0 Å². The first-order valence-electron chi connectivity index (χ1n) is 16.0. The highest BCUT2D eigenvalue weighted by Crippen LogP contribution is 2.50. The van der Waals surface area contributed by atoms with E-state index >= 15 is 0 Å². The topological polar surface area (TPSA) is 77.5 Å². The van der Waals surface area contributed by atoms with Gasteiger partial charge in [-0.1, -0.05) is 31.0 Å². The Kier molecular flexibility index (Phi) is 9.05. The molecule has 1 fully saturated rings. The van der Waals surface area contributed by atoms with Crippen LogP contribution in [0.4, 0.5) is 0 Å². The Balaban J connectivity index is 1.41. The maximum absolute atomic E-state index is 14.3. The average Bonchev–Trinajstić information content (AvgIpc) is 3.06. The second-order valence-corrected chi connectivity index (χ2v) is 14.6. The Morgan fingerprint density at radius 3 is 1.91 bits per heavy atom. The molecule has 0 N–H and O–H groups in total. The van der Waals surface area contributed by atoms with Gasteiger partial charge in [-0.05, 0) is 103 Å².